The van der Waals surface area contributed by atoms with Gasteiger partial charge in [-0.15, -0.1) is 13.2 Å². The standard InChI is InChI=1S/C15H20F3NO2/c16-15(17,18)21-14-9-4-3-8-13(14)20-11-5-10-19-12-6-1-2-7-12/h3-4,8-9,12,19H,1-2,5-7,10-11H2. The van der Waals surface area contributed by atoms with Crippen molar-refractivity contribution in [1.82, 2.24) is 5.32 Å². The van der Waals surface area contributed by atoms with Crippen molar-refractivity contribution in [3.05, 3.63) is 24.3 Å². The van der Waals surface area contributed by atoms with Crippen molar-refractivity contribution in [2.75, 3.05) is 13.2 Å². The van der Waals surface area contributed by atoms with Crippen LogP contribution in [0.5, 0.6) is 11.5 Å². The van der Waals surface area contributed by atoms with Crippen LogP contribution in [0.4, 0.5) is 13.2 Å². The van der Waals surface area contributed by atoms with Crippen molar-refractivity contribution in [2.24, 2.45) is 0 Å². The maximum atomic E-state index is 12.2. The summed E-state index contributed by atoms with van der Waals surface area (Å²) in [6.45, 7) is 1.17. The van der Waals surface area contributed by atoms with Gasteiger partial charge in [0.15, 0.2) is 11.5 Å². The Balaban J connectivity index is 1.72. The Labute approximate surface area is 122 Å². The Morgan fingerprint density at radius 3 is 2.43 bits per heavy atom. The Morgan fingerprint density at radius 2 is 1.76 bits per heavy atom. The molecule has 1 aromatic carbocycles. The van der Waals surface area contributed by atoms with E-state index in [2.05, 4.69) is 10.1 Å². The molecule has 1 fully saturated rings. The molecular weight excluding hydrogens is 283 g/mol. The highest BCUT2D eigenvalue weighted by atomic mass is 19.4. The molecule has 1 aromatic rings. The van der Waals surface area contributed by atoms with Gasteiger partial charge in [0.05, 0.1) is 6.61 Å². The van der Waals surface area contributed by atoms with Gasteiger partial charge in [-0.2, -0.15) is 0 Å². The minimum Gasteiger partial charge on any atom is -0.490 e. The van der Waals surface area contributed by atoms with Gasteiger partial charge in [-0.25, -0.2) is 0 Å². The molecule has 0 atom stereocenters. The predicted octanol–water partition coefficient (Wildman–Crippen LogP) is 3.89. The highest BCUT2D eigenvalue weighted by molar-refractivity contribution is 5.39. The molecule has 3 nitrogen and oxygen atoms in total. The van der Waals surface area contributed by atoms with Gasteiger partial charge in [0.2, 0.25) is 0 Å². The van der Waals surface area contributed by atoms with Crippen molar-refractivity contribution < 1.29 is 22.6 Å². The second-order valence-corrected chi connectivity index (χ2v) is 5.13. The summed E-state index contributed by atoms with van der Waals surface area (Å²) in [5.41, 5.74) is 0. The summed E-state index contributed by atoms with van der Waals surface area (Å²) in [7, 11) is 0. The van der Waals surface area contributed by atoms with E-state index in [0.29, 0.717) is 12.6 Å². The van der Waals surface area contributed by atoms with E-state index < -0.39 is 6.36 Å². The van der Waals surface area contributed by atoms with Crippen LogP contribution in [0.2, 0.25) is 0 Å². The van der Waals surface area contributed by atoms with E-state index in [1.54, 1.807) is 6.07 Å². The lowest BCUT2D eigenvalue weighted by atomic mass is 10.2. The molecular formula is C15H20F3NO2. The first kappa shape index (κ1) is 15.9. The third-order valence-electron chi connectivity index (χ3n) is 3.44. The van der Waals surface area contributed by atoms with Gasteiger partial charge in [-0.3, -0.25) is 0 Å². The number of hydrogen-bond acceptors (Lipinski definition) is 3. The lowest BCUT2D eigenvalue weighted by molar-refractivity contribution is -0.275. The van der Waals surface area contributed by atoms with Gasteiger partial charge in [0.1, 0.15) is 0 Å². The van der Waals surface area contributed by atoms with Crippen LogP contribution in [-0.4, -0.2) is 25.6 Å². The quantitative estimate of drug-likeness (QED) is 0.775. The van der Waals surface area contributed by atoms with Crippen molar-refractivity contribution in [2.45, 2.75) is 44.5 Å². The molecule has 0 aromatic heterocycles. The molecule has 0 bridgehead atoms. The molecule has 2 rings (SSSR count). The highest BCUT2D eigenvalue weighted by Gasteiger charge is 2.32. The summed E-state index contributed by atoms with van der Waals surface area (Å²) in [6.07, 6.45) is 1.01. The maximum Gasteiger partial charge on any atom is 0.573 e. The zero-order valence-electron chi connectivity index (χ0n) is 11.8. The smallest absolute Gasteiger partial charge is 0.490 e. The predicted molar refractivity (Wildman–Crippen MR) is 73.5 cm³/mol. The zero-order valence-corrected chi connectivity index (χ0v) is 11.8. The lowest BCUT2D eigenvalue weighted by Gasteiger charge is -2.15. The molecule has 1 saturated carbocycles. The number of rotatable bonds is 7. The van der Waals surface area contributed by atoms with E-state index in [0.717, 1.165) is 13.0 Å². The van der Waals surface area contributed by atoms with Gasteiger partial charge < -0.3 is 14.8 Å². The van der Waals surface area contributed by atoms with E-state index in [9.17, 15) is 13.2 Å². The van der Waals surface area contributed by atoms with Crippen LogP contribution >= 0.6 is 0 Å². The largest absolute Gasteiger partial charge is 0.573 e. The van der Waals surface area contributed by atoms with E-state index in [-0.39, 0.29) is 11.5 Å². The Hall–Kier alpha value is -1.43. The first-order valence-electron chi connectivity index (χ1n) is 7.25. The fourth-order valence-corrected chi connectivity index (χ4v) is 2.47. The monoisotopic (exact) mass is 303 g/mol. The molecule has 0 aliphatic heterocycles. The maximum absolute atomic E-state index is 12.2. The molecule has 1 aliphatic carbocycles. The SMILES string of the molecule is FC(F)(F)Oc1ccccc1OCCCNC1CCCC1. The number of nitrogens with one attached hydrogen (secondary N) is 1. The highest BCUT2D eigenvalue weighted by Crippen LogP contribution is 2.31. The van der Waals surface area contributed by atoms with Crippen LogP contribution < -0.4 is 14.8 Å². The first-order chi connectivity index (χ1) is 10.0. The number of para-hydroxylation sites is 2. The van der Waals surface area contributed by atoms with E-state index >= 15 is 0 Å². The molecule has 0 heterocycles. The zero-order chi connectivity index (χ0) is 15.1. The average molecular weight is 303 g/mol. The molecule has 1 N–H and O–H groups in total. The number of alkyl halides is 3. The van der Waals surface area contributed by atoms with Gasteiger partial charge >= 0.3 is 6.36 Å². The minimum absolute atomic E-state index is 0.121. The van der Waals surface area contributed by atoms with E-state index in [1.165, 1.54) is 43.9 Å². The second-order valence-electron chi connectivity index (χ2n) is 5.13. The van der Waals surface area contributed by atoms with Crippen LogP contribution in [0.1, 0.15) is 32.1 Å². The van der Waals surface area contributed by atoms with Gasteiger partial charge in [0, 0.05) is 6.04 Å². The van der Waals surface area contributed by atoms with Crippen molar-refractivity contribution >= 4 is 0 Å². The fourth-order valence-electron chi connectivity index (χ4n) is 2.47. The molecule has 118 valence electrons. The summed E-state index contributed by atoms with van der Waals surface area (Å²) in [5.74, 6) is -0.176. The van der Waals surface area contributed by atoms with Gasteiger partial charge in [-0.1, -0.05) is 25.0 Å². The average Bonchev–Trinajstić information content (AvgIpc) is 2.91. The van der Waals surface area contributed by atoms with Crippen molar-refractivity contribution in [3.63, 3.8) is 0 Å². The molecule has 6 heteroatoms. The Bertz CT molecular complexity index is 431. The second kappa shape index (κ2) is 7.54. The molecule has 0 spiro atoms. The van der Waals surface area contributed by atoms with Crippen LogP contribution in [0.15, 0.2) is 24.3 Å². The lowest BCUT2D eigenvalue weighted by Crippen LogP contribution is -2.27. The van der Waals surface area contributed by atoms with Crippen molar-refractivity contribution in [1.29, 1.82) is 0 Å². The third-order valence-corrected chi connectivity index (χ3v) is 3.44. The number of ether oxygens (including phenoxy) is 2. The number of hydrogen-bond donors (Lipinski definition) is 1. The molecule has 1 aliphatic rings. The number of benzene rings is 1. The summed E-state index contributed by atoms with van der Waals surface area (Å²) in [6, 6.07) is 6.42. The minimum atomic E-state index is -4.70. The fraction of sp³-hybridized carbons (Fsp3) is 0.600. The molecule has 21 heavy (non-hydrogen) atoms. The van der Waals surface area contributed by atoms with E-state index in [1.807, 2.05) is 0 Å². The van der Waals surface area contributed by atoms with Gasteiger partial charge in [-0.05, 0) is 37.9 Å². The summed E-state index contributed by atoms with van der Waals surface area (Å²) < 4.78 is 46.1. The van der Waals surface area contributed by atoms with Crippen LogP contribution in [-0.2, 0) is 0 Å². The topological polar surface area (TPSA) is 30.5 Å². The van der Waals surface area contributed by atoms with E-state index in [4.69, 9.17) is 4.74 Å². The van der Waals surface area contributed by atoms with Gasteiger partial charge in [0.25, 0.3) is 0 Å². The molecule has 0 radical (unpaired) electrons. The first-order valence-corrected chi connectivity index (χ1v) is 7.25. The third kappa shape index (κ3) is 5.83. The molecule has 0 unspecified atom stereocenters. The summed E-state index contributed by atoms with van der Waals surface area (Å²) in [5, 5.41) is 3.43. The normalized spacial score (nSPS) is 16.1. The Kier molecular flexibility index (Phi) is 5.73. The van der Waals surface area contributed by atoms with Crippen LogP contribution in [0, 0.1) is 0 Å². The van der Waals surface area contributed by atoms with Crippen LogP contribution in [0.25, 0.3) is 0 Å². The Morgan fingerprint density at radius 1 is 1.10 bits per heavy atom. The number of halogens is 3. The summed E-state index contributed by atoms with van der Waals surface area (Å²) >= 11 is 0. The van der Waals surface area contributed by atoms with Crippen molar-refractivity contribution in [3.8, 4) is 11.5 Å². The molecule has 0 amide bonds. The summed E-state index contributed by atoms with van der Waals surface area (Å²) in [4.78, 5) is 0. The van der Waals surface area contributed by atoms with Crippen LogP contribution in [0.3, 0.4) is 0 Å². The molecule has 0 saturated heterocycles.